The molecule has 1 amide bonds. The number of unbranched alkanes of at least 4 members (excludes halogenated alkanes) is 10. The molecule has 0 spiro atoms. The number of phosphoric ester groups is 1. The molecule has 0 aromatic rings. The van der Waals surface area contributed by atoms with Crippen LogP contribution in [0.5, 0.6) is 0 Å². The second-order valence-corrected chi connectivity index (χ2v) is 15.7. The van der Waals surface area contributed by atoms with Crippen molar-refractivity contribution in [2.45, 2.75) is 142 Å². The predicted molar refractivity (Wildman–Crippen MR) is 219 cm³/mol. The summed E-state index contributed by atoms with van der Waals surface area (Å²) < 4.78 is 23.0. The molecule has 0 bridgehead atoms. The lowest BCUT2D eigenvalue weighted by Gasteiger charge is -2.29. The maximum atomic E-state index is 12.7. The average Bonchev–Trinajstić information content (AvgIpc) is 3.09. The van der Waals surface area contributed by atoms with Gasteiger partial charge in [-0.15, -0.1) is 0 Å². The number of amides is 1. The molecule has 0 rings (SSSR count). The third-order valence-corrected chi connectivity index (χ3v) is 9.08. The van der Waals surface area contributed by atoms with Gasteiger partial charge in [0.15, 0.2) is 0 Å². The van der Waals surface area contributed by atoms with Crippen LogP contribution in [0.25, 0.3) is 0 Å². The number of rotatable bonds is 34. The number of hydrogen-bond donors (Lipinski definition) is 2. The highest BCUT2D eigenvalue weighted by Gasteiger charge is 2.22. The zero-order valence-corrected chi connectivity index (χ0v) is 34.4. The quantitative estimate of drug-likeness (QED) is 0.0294. The molecule has 52 heavy (non-hydrogen) atoms. The number of carbonyl (C=O) groups is 1. The van der Waals surface area contributed by atoms with Gasteiger partial charge in [0.25, 0.3) is 7.82 Å². The Morgan fingerprint density at radius 3 is 1.75 bits per heavy atom. The van der Waals surface area contributed by atoms with Gasteiger partial charge in [-0.2, -0.15) is 0 Å². The third-order valence-electron chi connectivity index (χ3n) is 8.12. The van der Waals surface area contributed by atoms with E-state index in [4.69, 9.17) is 9.05 Å². The van der Waals surface area contributed by atoms with Crippen LogP contribution in [0.15, 0.2) is 85.1 Å². The molecule has 0 aliphatic heterocycles. The van der Waals surface area contributed by atoms with Gasteiger partial charge in [0.1, 0.15) is 13.2 Å². The van der Waals surface area contributed by atoms with E-state index in [9.17, 15) is 19.4 Å². The van der Waals surface area contributed by atoms with Crippen molar-refractivity contribution in [1.82, 2.24) is 5.32 Å². The first-order chi connectivity index (χ1) is 25.0. The lowest BCUT2D eigenvalue weighted by atomic mass is 10.1. The molecule has 298 valence electrons. The summed E-state index contributed by atoms with van der Waals surface area (Å²) in [7, 11) is 1.17. The molecule has 0 aromatic heterocycles. The number of nitrogens with one attached hydrogen (secondary N) is 1. The van der Waals surface area contributed by atoms with Crippen LogP contribution in [0.4, 0.5) is 0 Å². The van der Waals surface area contributed by atoms with Crippen molar-refractivity contribution in [2.75, 3.05) is 40.9 Å². The Morgan fingerprint density at radius 2 is 1.19 bits per heavy atom. The van der Waals surface area contributed by atoms with Crippen molar-refractivity contribution in [3.05, 3.63) is 85.1 Å². The van der Waals surface area contributed by atoms with E-state index < -0.39 is 26.6 Å². The number of quaternary nitrogens is 1. The van der Waals surface area contributed by atoms with Gasteiger partial charge in [-0.3, -0.25) is 9.36 Å². The second kappa shape index (κ2) is 34.4. The van der Waals surface area contributed by atoms with Crippen molar-refractivity contribution in [1.29, 1.82) is 0 Å². The van der Waals surface area contributed by atoms with Gasteiger partial charge in [-0.25, -0.2) is 0 Å². The summed E-state index contributed by atoms with van der Waals surface area (Å²) in [5, 5.41) is 13.6. The first-order valence-electron chi connectivity index (χ1n) is 19.9. The molecule has 0 aliphatic rings. The number of likely N-dealkylation sites (N-methyl/N-ethyl adjacent to an activating group) is 1. The summed E-state index contributed by atoms with van der Waals surface area (Å²) in [6.07, 6.45) is 46.6. The summed E-state index contributed by atoms with van der Waals surface area (Å²) in [5.74, 6) is -0.339. The molecule has 0 heterocycles. The van der Waals surface area contributed by atoms with E-state index in [0.717, 1.165) is 44.9 Å². The highest BCUT2D eigenvalue weighted by atomic mass is 31.2. The number of carbonyl (C=O) groups excluding carboxylic acids is 1. The predicted octanol–water partition coefficient (Wildman–Crippen LogP) is 9.99. The van der Waals surface area contributed by atoms with Gasteiger partial charge in [-0.1, -0.05) is 150 Å². The van der Waals surface area contributed by atoms with Gasteiger partial charge in [0.05, 0.1) is 39.9 Å². The minimum absolute atomic E-state index is 0.0273. The summed E-state index contributed by atoms with van der Waals surface area (Å²) in [6, 6.07) is -0.960. The summed E-state index contributed by atoms with van der Waals surface area (Å²) in [4.78, 5) is 25.1. The molecule has 3 unspecified atom stereocenters. The Balaban J connectivity index is 4.74. The minimum Gasteiger partial charge on any atom is -0.756 e. The van der Waals surface area contributed by atoms with Gasteiger partial charge < -0.3 is 28.8 Å². The SMILES string of the molecule is CC/C=C\C/C=C\C/C=C\C/C=C\C/C=C\CC(=O)NC(COP(=O)([O-])OCC[N+](C)(C)C)C(O)/C=C/CC/C=C/CCCCCCCCCCC. The van der Waals surface area contributed by atoms with Gasteiger partial charge >= 0.3 is 0 Å². The van der Waals surface area contributed by atoms with E-state index in [1.54, 1.807) is 12.2 Å². The lowest BCUT2D eigenvalue weighted by molar-refractivity contribution is -0.870. The van der Waals surface area contributed by atoms with Crippen LogP contribution in [-0.4, -0.2) is 68.5 Å². The summed E-state index contributed by atoms with van der Waals surface area (Å²) in [6.45, 7) is 4.39. The number of allylic oxidation sites excluding steroid dienone is 12. The largest absolute Gasteiger partial charge is 0.756 e. The number of hydrogen-bond acceptors (Lipinski definition) is 6. The Bertz CT molecular complexity index is 1120. The first kappa shape index (κ1) is 49.7. The van der Waals surface area contributed by atoms with E-state index in [1.165, 1.54) is 57.8 Å². The van der Waals surface area contributed by atoms with E-state index >= 15 is 0 Å². The van der Waals surface area contributed by atoms with Crippen LogP contribution in [0.3, 0.4) is 0 Å². The van der Waals surface area contributed by atoms with E-state index in [-0.39, 0.29) is 18.9 Å². The second-order valence-electron chi connectivity index (χ2n) is 14.3. The van der Waals surface area contributed by atoms with Crippen LogP contribution in [0, 0.1) is 0 Å². The van der Waals surface area contributed by atoms with Gasteiger partial charge in [0.2, 0.25) is 5.91 Å². The fourth-order valence-corrected chi connectivity index (χ4v) is 5.66. The Labute approximate surface area is 318 Å². The molecule has 3 atom stereocenters. The molecule has 0 aliphatic carbocycles. The Hall–Kier alpha value is -2.32. The van der Waals surface area contributed by atoms with E-state index in [1.807, 2.05) is 39.4 Å². The smallest absolute Gasteiger partial charge is 0.268 e. The zero-order chi connectivity index (χ0) is 38.6. The third kappa shape index (κ3) is 36.1. The van der Waals surface area contributed by atoms with Crippen molar-refractivity contribution in [3.63, 3.8) is 0 Å². The molecule has 0 saturated heterocycles. The first-order valence-corrected chi connectivity index (χ1v) is 21.4. The van der Waals surface area contributed by atoms with Gasteiger partial charge in [0, 0.05) is 6.42 Å². The van der Waals surface area contributed by atoms with Crippen molar-refractivity contribution < 1.29 is 32.9 Å². The standard InChI is InChI=1S/C43H75N2O6P/c1-6-8-10-12-14-16-18-20-22-24-26-28-30-32-34-36-42(46)41(40-51-52(48,49)50-39-38-45(3,4)5)44-43(47)37-35-33-31-29-27-25-23-21-19-17-15-13-11-9-7-2/h9,11,15,17,21,23,26-29,33-36,41-42,46H,6-8,10,12-14,16,18-20,22,24-25,30-32,37-40H2,1-5H3,(H-,44,47,48,49)/b11-9-,17-15-,23-21-,28-26+,29-27-,35-33-,36-34+. The van der Waals surface area contributed by atoms with Crippen molar-refractivity contribution in [2.24, 2.45) is 0 Å². The molecule has 2 N–H and O–H groups in total. The molecule has 0 saturated carbocycles. The summed E-state index contributed by atoms with van der Waals surface area (Å²) in [5.41, 5.74) is 0. The van der Waals surface area contributed by atoms with Crippen LogP contribution < -0.4 is 10.2 Å². The average molecular weight is 747 g/mol. The molecule has 9 heteroatoms. The topological polar surface area (TPSA) is 108 Å². The molecular formula is C43H75N2O6P. The summed E-state index contributed by atoms with van der Waals surface area (Å²) >= 11 is 0. The molecule has 8 nitrogen and oxygen atoms in total. The van der Waals surface area contributed by atoms with Crippen molar-refractivity contribution in [3.8, 4) is 0 Å². The van der Waals surface area contributed by atoms with Crippen LogP contribution in [0.1, 0.15) is 129 Å². The normalized spacial score (nSPS) is 15.4. The fraction of sp³-hybridized carbons (Fsp3) is 0.651. The monoisotopic (exact) mass is 747 g/mol. The maximum Gasteiger partial charge on any atom is 0.268 e. The molecular weight excluding hydrogens is 671 g/mol. The van der Waals surface area contributed by atoms with E-state index in [2.05, 4.69) is 73.8 Å². The molecule has 0 fully saturated rings. The minimum atomic E-state index is -4.62. The van der Waals surface area contributed by atoms with Crippen LogP contribution >= 0.6 is 7.82 Å². The number of phosphoric acid groups is 1. The van der Waals surface area contributed by atoms with Crippen LogP contribution in [-0.2, 0) is 18.4 Å². The Morgan fingerprint density at radius 1 is 0.692 bits per heavy atom. The molecule has 0 radical (unpaired) electrons. The highest BCUT2D eigenvalue weighted by Crippen LogP contribution is 2.38. The molecule has 0 aromatic carbocycles. The lowest BCUT2D eigenvalue weighted by Crippen LogP contribution is -2.45. The van der Waals surface area contributed by atoms with Crippen LogP contribution in [0.2, 0.25) is 0 Å². The number of aliphatic hydroxyl groups is 1. The fourth-order valence-electron chi connectivity index (χ4n) is 4.94. The zero-order valence-electron chi connectivity index (χ0n) is 33.5. The van der Waals surface area contributed by atoms with Crippen molar-refractivity contribution >= 4 is 13.7 Å². The highest BCUT2D eigenvalue weighted by molar-refractivity contribution is 7.45. The van der Waals surface area contributed by atoms with E-state index in [0.29, 0.717) is 17.4 Å². The Kier molecular flexibility index (Phi) is 32.9. The number of nitrogens with zero attached hydrogens (tertiary/aromatic N) is 1. The number of aliphatic hydroxyl groups excluding tert-OH is 1. The van der Waals surface area contributed by atoms with Gasteiger partial charge in [-0.05, 0) is 57.8 Å². The maximum absolute atomic E-state index is 12.7.